The summed E-state index contributed by atoms with van der Waals surface area (Å²) in [6.07, 6.45) is 3.20. The molecule has 2 unspecified atom stereocenters. The van der Waals surface area contributed by atoms with Gasteiger partial charge in [-0.3, -0.25) is 4.90 Å². The van der Waals surface area contributed by atoms with Gasteiger partial charge in [0.2, 0.25) is 8.32 Å². The van der Waals surface area contributed by atoms with Gasteiger partial charge in [0.25, 0.3) is 0 Å². The third-order valence-corrected chi connectivity index (χ3v) is 19.3. The summed E-state index contributed by atoms with van der Waals surface area (Å²) in [4.78, 5) is 2.10. The topological polar surface area (TPSA) is 49.4 Å². The number of methoxy groups -OCH3 is 1. The van der Waals surface area contributed by atoms with Gasteiger partial charge in [0.1, 0.15) is 12.8 Å². The second kappa shape index (κ2) is 15.3. The Hall–Kier alpha value is -0.689. The standard InChI is InChI=1S/C32H65NO5Si3/c1-17-32(6,38-39(10,11)12)41(15,16)37-31(4,5)40(13,14)24-18-19-27-20-21-28(29(25-27)34-9)35-22-23-36-30(26(2)3)33(7)8/h20-21,25-26,30H,17-19,22-24H2,1-16H3. The normalized spacial score (nSPS) is 15.8. The second-order valence-electron chi connectivity index (χ2n) is 15.0. The molecule has 0 saturated heterocycles. The van der Waals surface area contributed by atoms with Crippen molar-refractivity contribution in [1.29, 1.82) is 0 Å². The van der Waals surface area contributed by atoms with E-state index in [9.17, 15) is 0 Å². The third-order valence-electron chi connectivity index (χ3n) is 8.82. The van der Waals surface area contributed by atoms with E-state index in [1.807, 2.05) is 20.2 Å². The molecule has 41 heavy (non-hydrogen) atoms. The van der Waals surface area contributed by atoms with Crippen LogP contribution in [0.5, 0.6) is 11.5 Å². The minimum atomic E-state index is -2.16. The molecular formula is C32H65NO5Si3. The minimum absolute atomic E-state index is 0.0779. The van der Waals surface area contributed by atoms with Crippen LogP contribution in [0.1, 0.15) is 59.9 Å². The molecule has 0 amide bonds. The zero-order valence-corrected chi connectivity index (χ0v) is 32.6. The van der Waals surface area contributed by atoms with E-state index >= 15 is 0 Å². The maximum Gasteiger partial charge on any atom is 0.216 e. The number of aryl methyl sites for hydroxylation is 1. The van der Waals surface area contributed by atoms with Crippen molar-refractivity contribution in [2.24, 2.45) is 5.92 Å². The summed E-state index contributed by atoms with van der Waals surface area (Å²) in [5.74, 6) is 1.96. The fourth-order valence-corrected chi connectivity index (χ4v) is 14.7. The predicted octanol–water partition coefficient (Wildman–Crippen LogP) is 8.37. The summed E-state index contributed by atoms with van der Waals surface area (Å²) >= 11 is 0. The van der Waals surface area contributed by atoms with Gasteiger partial charge in [0, 0.05) is 5.22 Å². The highest BCUT2D eigenvalue weighted by Gasteiger charge is 2.52. The summed E-state index contributed by atoms with van der Waals surface area (Å²) in [5, 5.41) is -0.325. The van der Waals surface area contributed by atoms with Crippen LogP contribution in [0.2, 0.25) is 51.9 Å². The fraction of sp³-hybridized carbons (Fsp3) is 0.812. The van der Waals surface area contributed by atoms with E-state index in [0.29, 0.717) is 19.1 Å². The highest BCUT2D eigenvalue weighted by Crippen LogP contribution is 2.39. The van der Waals surface area contributed by atoms with E-state index in [1.165, 1.54) is 11.6 Å². The molecule has 1 rings (SSSR count). The smallest absolute Gasteiger partial charge is 0.216 e. The SMILES string of the molecule is CCC(C)(O[Si](C)(C)C)[Si](C)(C)OC(C)(C)[Si](C)(C)CCCc1ccc(OCCOC(C(C)C)N(C)C)c(OC)c1. The van der Waals surface area contributed by atoms with Crippen molar-refractivity contribution < 1.29 is 23.1 Å². The van der Waals surface area contributed by atoms with Gasteiger partial charge in [-0.1, -0.05) is 52.4 Å². The van der Waals surface area contributed by atoms with Crippen molar-refractivity contribution in [2.75, 3.05) is 34.4 Å². The average molecular weight is 628 g/mol. The van der Waals surface area contributed by atoms with E-state index in [2.05, 4.69) is 104 Å². The Bertz CT molecular complexity index is 922. The Kier molecular flexibility index (Phi) is 14.4. The summed E-state index contributed by atoms with van der Waals surface area (Å²) in [7, 11) is 0.202. The number of ether oxygens (including phenoxy) is 3. The first-order valence-electron chi connectivity index (χ1n) is 15.6. The molecular weight excluding hydrogens is 563 g/mol. The Morgan fingerprint density at radius 1 is 0.878 bits per heavy atom. The van der Waals surface area contributed by atoms with Gasteiger partial charge in [-0.2, -0.15) is 0 Å². The largest absolute Gasteiger partial charge is 0.493 e. The molecule has 1 aromatic carbocycles. The number of benzene rings is 1. The Morgan fingerprint density at radius 3 is 1.98 bits per heavy atom. The average Bonchev–Trinajstić information content (AvgIpc) is 2.81. The fourth-order valence-electron chi connectivity index (χ4n) is 5.46. The van der Waals surface area contributed by atoms with Gasteiger partial charge in [-0.15, -0.1) is 0 Å². The van der Waals surface area contributed by atoms with Crippen LogP contribution in [0, 0.1) is 5.92 Å². The second-order valence-corrected chi connectivity index (χ2v) is 29.1. The molecule has 0 aliphatic rings. The molecule has 240 valence electrons. The molecule has 9 heteroatoms. The molecule has 6 nitrogen and oxygen atoms in total. The summed E-state index contributed by atoms with van der Waals surface area (Å²) in [6, 6.07) is 7.53. The van der Waals surface area contributed by atoms with Crippen molar-refractivity contribution in [2.45, 2.75) is 129 Å². The molecule has 0 fully saturated rings. The maximum atomic E-state index is 7.18. The van der Waals surface area contributed by atoms with Gasteiger partial charge >= 0.3 is 0 Å². The van der Waals surface area contributed by atoms with Gasteiger partial charge in [-0.05, 0) is 104 Å². The van der Waals surface area contributed by atoms with Crippen molar-refractivity contribution >= 4 is 24.7 Å². The molecule has 0 N–H and O–H groups in total. The van der Waals surface area contributed by atoms with Gasteiger partial charge < -0.3 is 23.1 Å². The van der Waals surface area contributed by atoms with Crippen LogP contribution in [0.3, 0.4) is 0 Å². The summed E-state index contributed by atoms with van der Waals surface area (Å²) in [5.41, 5.74) is 1.28. The molecule has 0 spiro atoms. The summed E-state index contributed by atoms with van der Waals surface area (Å²) < 4.78 is 31.7. The first-order valence-corrected chi connectivity index (χ1v) is 25.1. The zero-order chi connectivity index (χ0) is 31.9. The number of hydrogen-bond acceptors (Lipinski definition) is 6. The van der Waals surface area contributed by atoms with Crippen molar-refractivity contribution in [3.8, 4) is 11.5 Å². The molecule has 0 aliphatic heterocycles. The lowest BCUT2D eigenvalue weighted by molar-refractivity contribution is -0.0719. The highest BCUT2D eigenvalue weighted by molar-refractivity contribution is 6.82. The molecule has 0 heterocycles. The molecule has 0 bridgehead atoms. The van der Waals surface area contributed by atoms with Crippen LogP contribution in [-0.2, 0) is 20.0 Å². The van der Waals surface area contributed by atoms with E-state index in [1.54, 1.807) is 7.11 Å². The van der Waals surface area contributed by atoms with Crippen LogP contribution >= 0.6 is 0 Å². The lowest BCUT2D eigenvalue weighted by Crippen LogP contribution is -2.65. The van der Waals surface area contributed by atoms with Crippen LogP contribution in [-0.4, -0.2) is 80.7 Å². The van der Waals surface area contributed by atoms with E-state index in [4.69, 9.17) is 23.1 Å². The number of nitrogens with zero attached hydrogens (tertiary/aromatic N) is 1. The zero-order valence-electron chi connectivity index (χ0n) is 29.6. The molecule has 0 aliphatic carbocycles. The first-order chi connectivity index (χ1) is 18.6. The highest BCUT2D eigenvalue weighted by atomic mass is 28.4. The number of rotatable bonds is 19. The van der Waals surface area contributed by atoms with E-state index in [0.717, 1.165) is 30.8 Å². The summed E-state index contributed by atoms with van der Waals surface area (Å²) in [6.45, 7) is 31.1. The van der Waals surface area contributed by atoms with Crippen molar-refractivity contribution in [1.82, 2.24) is 4.90 Å². The van der Waals surface area contributed by atoms with Crippen LogP contribution in [0.15, 0.2) is 18.2 Å². The molecule has 0 saturated carbocycles. The van der Waals surface area contributed by atoms with Crippen LogP contribution in [0.25, 0.3) is 0 Å². The van der Waals surface area contributed by atoms with E-state index < -0.39 is 24.7 Å². The van der Waals surface area contributed by atoms with Crippen LogP contribution in [0.4, 0.5) is 0 Å². The Labute approximate surface area is 257 Å². The van der Waals surface area contributed by atoms with Crippen molar-refractivity contribution in [3.63, 3.8) is 0 Å². The monoisotopic (exact) mass is 627 g/mol. The third kappa shape index (κ3) is 11.4. The van der Waals surface area contributed by atoms with Gasteiger partial charge in [0.15, 0.2) is 19.8 Å². The molecule has 2 atom stereocenters. The lowest BCUT2D eigenvalue weighted by atomic mass is 10.1. The Balaban J connectivity index is 2.80. The quantitative estimate of drug-likeness (QED) is 0.0873. The lowest BCUT2D eigenvalue weighted by Gasteiger charge is -2.52. The van der Waals surface area contributed by atoms with Crippen molar-refractivity contribution in [3.05, 3.63) is 23.8 Å². The van der Waals surface area contributed by atoms with Crippen LogP contribution < -0.4 is 9.47 Å². The van der Waals surface area contributed by atoms with Gasteiger partial charge in [-0.25, -0.2) is 0 Å². The first kappa shape index (κ1) is 38.3. The maximum absolute atomic E-state index is 7.18. The Morgan fingerprint density at radius 2 is 1.49 bits per heavy atom. The van der Waals surface area contributed by atoms with E-state index in [-0.39, 0.29) is 16.7 Å². The molecule has 1 aromatic rings. The molecule has 0 radical (unpaired) electrons. The predicted molar refractivity (Wildman–Crippen MR) is 183 cm³/mol. The number of hydrogen-bond donors (Lipinski definition) is 0. The minimum Gasteiger partial charge on any atom is -0.493 e. The van der Waals surface area contributed by atoms with Gasteiger partial charge in [0.05, 0.1) is 27.0 Å². The molecule has 0 aromatic heterocycles.